The zero-order valence-corrected chi connectivity index (χ0v) is 14.5. The number of hydrogen-bond acceptors (Lipinski definition) is 5. The average molecular weight is 366 g/mol. The Hall–Kier alpha value is -3.55. The molecule has 1 fully saturated rings. The second kappa shape index (κ2) is 8.22. The van der Waals surface area contributed by atoms with E-state index >= 15 is 0 Å². The summed E-state index contributed by atoms with van der Waals surface area (Å²) in [6, 6.07) is 9.92. The van der Waals surface area contributed by atoms with Crippen LogP contribution in [0.15, 0.2) is 48.8 Å². The van der Waals surface area contributed by atoms with Crippen molar-refractivity contribution in [2.24, 2.45) is 0 Å². The van der Waals surface area contributed by atoms with Crippen LogP contribution in [0.4, 0.5) is 11.4 Å². The lowest BCUT2D eigenvalue weighted by Gasteiger charge is -2.13. The van der Waals surface area contributed by atoms with Gasteiger partial charge in [0.05, 0.1) is 0 Å². The molecular formula is C19H18N4O4. The Labute approximate surface area is 155 Å². The highest BCUT2D eigenvalue weighted by molar-refractivity contribution is 6.05. The van der Waals surface area contributed by atoms with Gasteiger partial charge in [-0.25, -0.2) is 0 Å². The molecule has 0 radical (unpaired) electrons. The second-order valence-corrected chi connectivity index (χ2v) is 6.01. The van der Waals surface area contributed by atoms with Gasteiger partial charge in [0.25, 0.3) is 5.91 Å². The standard InChI is InChI=1S/C19H18N4O4/c24-16(8-11-23-17(25)4-5-18(23)26)21-14-2-1-3-15(12-14)22-19(27)13-6-9-20-10-7-13/h1-3,6-7,9-10,12H,4-5,8,11H2,(H,21,24)(H,22,27). The molecule has 2 aromatic rings. The van der Waals surface area contributed by atoms with Crippen LogP contribution < -0.4 is 10.6 Å². The first-order chi connectivity index (χ1) is 13.0. The summed E-state index contributed by atoms with van der Waals surface area (Å²) in [4.78, 5) is 52.3. The molecule has 1 saturated heterocycles. The number of amides is 4. The van der Waals surface area contributed by atoms with Gasteiger partial charge in [-0.05, 0) is 30.3 Å². The number of pyridine rings is 1. The maximum Gasteiger partial charge on any atom is 0.255 e. The Kier molecular flexibility index (Phi) is 5.55. The summed E-state index contributed by atoms with van der Waals surface area (Å²) in [5, 5.41) is 5.44. The molecule has 1 aliphatic rings. The van der Waals surface area contributed by atoms with Crippen LogP contribution in [0.3, 0.4) is 0 Å². The Bertz CT molecular complexity index is 866. The summed E-state index contributed by atoms with van der Waals surface area (Å²) in [5.41, 5.74) is 1.51. The van der Waals surface area contributed by atoms with Gasteiger partial charge < -0.3 is 10.6 Å². The fourth-order valence-electron chi connectivity index (χ4n) is 2.69. The molecule has 8 nitrogen and oxygen atoms in total. The van der Waals surface area contributed by atoms with Crippen LogP contribution in [0, 0.1) is 0 Å². The van der Waals surface area contributed by atoms with Gasteiger partial charge in [-0.3, -0.25) is 29.1 Å². The normalized spacial score (nSPS) is 13.6. The van der Waals surface area contributed by atoms with Crippen molar-refractivity contribution in [2.45, 2.75) is 19.3 Å². The van der Waals surface area contributed by atoms with Gasteiger partial charge in [-0.2, -0.15) is 0 Å². The van der Waals surface area contributed by atoms with Crippen molar-refractivity contribution < 1.29 is 19.2 Å². The second-order valence-electron chi connectivity index (χ2n) is 6.01. The summed E-state index contributed by atoms with van der Waals surface area (Å²) in [7, 11) is 0. The minimum absolute atomic E-state index is 0.0189. The minimum atomic E-state index is -0.319. The highest BCUT2D eigenvalue weighted by Gasteiger charge is 2.28. The molecule has 0 saturated carbocycles. The lowest BCUT2D eigenvalue weighted by molar-refractivity contribution is -0.138. The van der Waals surface area contributed by atoms with E-state index < -0.39 is 0 Å². The largest absolute Gasteiger partial charge is 0.326 e. The molecule has 4 amide bonds. The molecule has 1 aromatic carbocycles. The number of hydrogen-bond donors (Lipinski definition) is 2. The number of benzene rings is 1. The lowest BCUT2D eigenvalue weighted by atomic mass is 10.2. The number of aromatic nitrogens is 1. The third kappa shape index (κ3) is 4.75. The number of nitrogens with one attached hydrogen (secondary N) is 2. The first-order valence-corrected chi connectivity index (χ1v) is 8.47. The van der Waals surface area contributed by atoms with Crippen molar-refractivity contribution in [1.82, 2.24) is 9.88 Å². The van der Waals surface area contributed by atoms with E-state index in [4.69, 9.17) is 0 Å². The van der Waals surface area contributed by atoms with Gasteiger partial charge in [0.15, 0.2) is 0 Å². The lowest BCUT2D eigenvalue weighted by Crippen LogP contribution is -2.32. The van der Waals surface area contributed by atoms with Crippen molar-refractivity contribution >= 4 is 35.0 Å². The van der Waals surface area contributed by atoms with E-state index in [2.05, 4.69) is 15.6 Å². The van der Waals surface area contributed by atoms with Gasteiger partial charge in [0.2, 0.25) is 17.7 Å². The predicted octanol–water partition coefficient (Wildman–Crippen LogP) is 1.81. The van der Waals surface area contributed by atoms with Gasteiger partial charge in [0.1, 0.15) is 0 Å². The molecule has 0 unspecified atom stereocenters. The molecular weight excluding hydrogens is 348 g/mol. The van der Waals surface area contributed by atoms with Gasteiger partial charge in [-0.15, -0.1) is 0 Å². The van der Waals surface area contributed by atoms with Crippen LogP contribution in [0.5, 0.6) is 0 Å². The summed E-state index contributed by atoms with van der Waals surface area (Å²) < 4.78 is 0. The fraction of sp³-hybridized carbons (Fsp3) is 0.211. The molecule has 3 rings (SSSR count). The molecule has 0 atom stereocenters. The van der Waals surface area contributed by atoms with E-state index in [1.54, 1.807) is 36.4 Å². The molecule has 0 spiro atoms. The Morgan fingerprint density at radius 1 is 0.963 bits per heavy atom. The van der Waals surface area contributed by atoms with Crippen LogP contribution in [-0.4, -0.2) is 40.1 Å². The monoisotopic (exact) mass is 366 g/mol. The third-order valence-corrected chi connectivity index (χ3v) is 4.06. The maximum absolute atomic E-state index is 12.2. The highest BCUT2D eigenvalue weighted by Crippen LogP contribution is 2.17. The first kappa shape index (κ1) is 18.2. The number of anilines is 2. The summed E-state index contributed by atoms with van der Waals surface area (Å²) in [6.45, 7) is 0.0714. The maximum atomic E-state index is 12.2. The van der Waals surface area contributed by atoms with E-state index in [9.17, 15) is 19.2 Å². The average Bonchev–Trinajstić information content (AvgIpc) is 2.99. The first-order valence-electron chi connectivity index (χ1n) is 8.47. The van der Waals surface area contributed by atoms with Crippen LogP contribution in [-0.2, 0) is 14.4 Å². The SMILES string of the molecule is O=C(CCN1C(=O)CCC1=O)Nc1cccc(NC(=O)c2ccncc2)c1. The predicted molar refractivity (Wildman–Crippen MR) is 97.8 cm³/mol. The Balaban J connectivity index is 1.55. The van der Waals surface area contributed by atoms with E-state index in [0.29, 0.717) is 16.9 Å². The van der Waals surface area contributed by atoms with Crippen LogP contribution in [0.1, 0.15) is 29.6 Å². The van der Waals surface area contributed by atoms with Crippen LogP contribution >= 0.6 is 0 Å². The highest BCUT2D eigenvalue weighted by atomic mass is 16.2. The molecule has 138 valence electrons. The fourth-order valence-corrected chi connectivity index (χ4v) is 2.69. The number of nitrogens with zero attached hydrogens (tertiary/aromatic N) is 2. The quantitative estimate of drug-likeness (QED) is 0.758. The van der Waals surface area contributed by atoms with E-state index in [1.165, 1.54) is 12.4 Å². The van der Waals surface area contributed by atoms with Crippen LogP contribution in [0.25, 0.3) is 0 Å². The number of likely N-dealkylation sites (tertiary alicyclic amines) is 1. The number of rotatable bonds is 6. The number of imide groups is 1. The molecule has 0 bridgehead atoms. The summed E-state index contributed by atoms with van der Waals surface area (Å²) in [6.07, 6.45) is 3.49. The van der Waals surface area contributed by atoms with Crippen molar-refractivity contribution in [3.05, 3.63) is 54.4 Å². The minimum Gasteiger partial charge on any atom is -0.326 e. The van der Waals surface area contributed by atoms with Gasteiger partial charge in [0, 0.05) is 55.1 Å². The van der Waals surface area contributed by atoms with Gasteiger partial charge in [-0.1, -0.05) is 6.07 Å². The van der Waals surface area contributed by atoms with E-state index in [-0.39, 0.29) is 49.4 Å². The molecule has 8 heteroatoms. The molecule has 2 heterocycles. The zero-order valence-electron chi connectivity index (χ0n) is 14.5. The van der Waals surface area contributed by atoms with Crippen molar-refractivity contribution in [3.8, 4) is 0 Å². The summed E-state index contributed by atoms with van der Waals surface area (Å²) in [5.74, 6) is -1.09. The Morgan fingerprint density at radius 2 is 1.59 bits per heavy atom. The molecule has 1 aromatic heterocycles. The zero-order chi connectivity index (χ0) is 19.2. The van der Waals surface area contributed by atoms with Crippen molar-refractivity contribution in [2.75, 3.05) is 17.2 Å². The third-order valence-electron chi connectivity index (χ3n) is 4.06. The van der Waals surface area contributed by atoms with E-state index in [1.807, 2.05) is 0 Å². The van der Waals surface area contributed by atoms with Crippen molar-refractivity contribution in [3.63, 3.8) is 0 Å². The topological polar surface area (TPSA) is 108 Å². The molecule has 1 aliphatic heterocycles. The Morgan fingerprint density at radius 3 is 2.26 bits per heavy atom. The molecule has 27 heavy (non-hydrogen) atoms. The number of carbonyl (C=O) groups is 4. The summed E-state index contributed by atoms with van der Waals surface area (Å²) >= 11 is 0. The molecule has 0 aliphatic carbocycles. The van der Waals surface area contributed by atoms with E-state index in [0.717, 1.165) is 4.90 Å². The molecule has 2 N–H and O–H groups in total. The van der Waals surface area contributed by atoms with Crippen molar-refractivity contribution in [1.29, 1.82) is 0 Å². The smallest absolute Gasteiger partial charge is 0.255 e. The van der Waals surface area contributed by atoms with Crippen LogP contribution in [0.2, 0.25) is 0 Å². The number of carbonyl (C=O) groups excluding carboxylic acids is 4. The van der Waals surface area contributed by atoms with Gasteiger partial charge >= 0.3 is 0 Å².